The highest BCUT2D eigenvalue weighted by Gasteiger charge is 2.57. The van der Waals surface area contributed by atoms with Crippen LogP contribution >= 0.6 is 11.3 Å². The van der Waals surface area contributed by atoms with Crippen molar-refractivity contribution in [3.63, 3.8) is 0 Å². The lowest BCUT2D eigenvalue weighted by molar-refractivity contribution is -0.314. The third-order valence-electron chi connectivity index (χ3n) is 15.0. The number of likely N-dealkylation sites (N-methyl/N-ethyl adjacent to an activating group) is 1. The second kappa shape index (κ2) is 19.4. The van der Waals surface area contributed by atoms with Gasteiger partial charge in [0.15, 0.2) is 18.4 Å². The molecule has 2 aromatic rings. The lowest BCUT2D eigenvalue weighted by Crippen LogP contribution is -2.59. The monoisotopic (exact) mass is 880 g/mol. The van der Waals surface area contributed by atoms with Crippen LogP contribution in [0.2, 0.25) is 0 Å². The van der Waals surface area contributed by atoms with Crippen molar-refractivity contribution in [1.82, 2.24) is 9.88 Å². The maximum atomic E-state index is 15.2. The summed E-state index contributed by atoms with van der Waals surface area (Å²) in [5, 5.41) is 11.0. The lowest BCUT2D eigenvalue weighted by Gasteiger charge is -2.44. The standard InChI is InChI=1S/C48H68N2O11S/c1-10-29-12-11-13-37(61-39-19-18-36(50(5)6)25(3)57-39)24(2)42(53)34-22-32-31-20-30(60-48-45(56-9)44(55-8)43(54-7)26(4)58-48)21-35(31)46-41(40(32)33(34)23-38(52)59-29)49-47(62-46)27-14-16-28(51)17-15-27/h14-17,22,24-26,29-33,35-37,39-40,43-45,48,51H,10-13,18-21,23H2,1-9H3/t24-,25?,26?,29+,30+,31+,32+,33-,35-,36+,37+,39+,40-,43+,44?,45?,48+/m1/s1. The van der Waals surface area contributed by atoms with E-state index in [9.17, 15) is 9.90 Å². The molecule has 14 heteroatoms. The van der Waals surface area contributed by atoms with Crippen molar-refractivity contribution in [3.8, 4) is 16.3 Å². The van der Waals surface area contributed by atoms with Crippen molar-refractivity contribution < 1.29 is 52.6 Å². The largest absolute Gasteiger partial charge is 0.508 e. The number of Topliss-reactive ketones (excluding diaryl/α,β-unsaturated/α-hetero) is 1. The predicted octanol–water partition coefficient (Wildman–Crippen LogP) is 7.40. The topological polar surface area (TPSA) is 144 Å². The number of carbonyl (C=O) groups is 2. The number of nitrogens with zero attached hydrogens (tertiary/aromatic N) is 2. The number of benzene rings is 1. The molecule has 1 aromatic heterocycles. The van der Waals surface area contributed by atoms with E-state index in [0.717, 1.165) is 48.4 Å². The van der Waals surface area contributed by atoms with Crippen LogP contribution in [0.5, 0.6) is 5.75 Å². The van der Waals surface area contributed by atoms with Crippen LogP contribution in [0.15, 0.2) is 35.9 Å². The molecule has 0 radical (unpaired) electrons. The molecule has 13 nitrogen and oxygen atoms in total. The van der Waals surface area contributed by atoms with Gasteiger partial charge in [0, 0.05) is 61.5 Å². The minimum Gasteiger partial charge on any atom is -0.508 e. The van der Waals surface area contributed by atoms with Crippen molar-refractivity contribution in [2.75, 3.05) is 35.4 Å². The number of hydrogen-bond acceptors (Lipinski definition) is 14. The Bertz CT molecular complexity index is 1900. The Kier molecular flexibility index (Phi) is 14.3. The zero-order valence-electron chi connectivity index (χ0n) is 37.9. The quantitative estimate of drug-likeness (QED) is 0.237. The Balaban J connectivity index is 1.14. The van der Waals surface area contributed by atoms with Gasteiger partial charge < -0.3 is 47.9 Å². The van der Waals surface area contributed by atoms with Gasteiger partial charge in [0.25, 0.3) is 0 Å². The highest BCUT2D eigenvalue weighted by Crippen LogP contribution is 2.63. The van der Waals surface area contributed by atoms with Gasteiger partial charge in [0.1, 0.15) is 35.2 Å². The number of allylic oxidation sites excluding steroid dienone is 2. The van der Waals surface area contributed by atoms with Crippen LogP contribution in [0.4, 0.5) is 0 Å². The van der Waals surface area contributed by atoms with Crippen LogP contribution in [0.25, 0.3) is 10.6 Å². The second-order valence-electron chi connectivity index (χ2n) is 18.8. The smallest absolute Gasteiger partial charge is 0.306 e. The van der Waals surface area contributed by atoms with Crippen molar-refractivity contribution in [2.24, 2.45) is 23.7 Å². The Morgan fingerprint density at radius 3 is 2.29 bits per heavy atom. The molecule has 4 unspecified atom stereocenters. The highest BCUT2D eigenvalue weighted by molar-refractivity contribution is 7.15. The number of methoxy groups -OCH3 is 3. The van der Waals surface area contributed by atoms with Crippen molar-refractivity contribution in [3.05, 3.63) is 46.5 Å². The summed E-state index contributed by atoms with van der Waals surface area (Å²) in [4.78, 5) is 38.0. The second-order valence-corrected chi connectivity index (χ2v) is 19.8. The maximum Gasteiger partial charge on any atom is 0.306 e. The summed E-state index contributed by atoms with van der Waals surface area (Å²) in [6.45, 7) is 8.13. The average molecular weight is 881 g/mol. The number of ether oxygens (including phenoxy) is 8. The van der Waals surface area contributed by atoms with Crippen molar-refractivity contribution in [1.29, 1.82) is 0 Å². The molecule has 0 spiro atoms. The van der Waals surface area contributed by atoms with Gasteiger partial charge in [-0.3, -0.25) is 9.59 Å². The Hall–Kier alpha value is -2.79. The summed E-state index contributed by atoms with van der Waals surface area (Å²) in [6.07, 6.45) is 4.95. The number of carbonyl (C=O) groups excluding carboxylic acids is 2. The van der Waals surface area contributed by atoms with E-state index in [2.05, 4.69) is 38.9 Å². The minimum atomic E-state index is -0.678. The molecule has 1 N–H and O–H groups in total. The van der Waals surface area contributed by atoms with E-state index >= 15 is 4.79 Å². The predicted molar refractivity (Wildman–Crippen MR) is 233 cm³/mol. The van der Waals surface area contributed by atoms with Gasteiger partial charge in [-0.25, -0.2) is 4.98 Å². The first-order valence-electron chi connectivity index (χ1n) is 23.0. The van der Waals surface area contributed by atoms with E-state index < -0.39 is 30.5 Å². The summed E-state index contributed by atoms with van der Waals surface area (Å²) >= 11 is 1.67. The van der Waals surface area contributed by atoms with Crippen LogP contribution in [0, 0.1) is 23.7 Å². The molecule has 0 bridgehead atoms. The van der Waals surface area contributed by atoms with Gasteiger partial charge >= 0.3 is 5.97 Å². The number of fused-ring (bicyclic) bond motifs is 8. The first-order chi connectivity index (χ1) is 29.8. The fraction of sp³-hybridized carbons (Fsp3) is 0.729. The fourth-order valence-electron chi connectivity index (χ4n) is 11.8. The van der Waals surface area contributed by atoms with Crippen LogP contribution in [0.3, 0.4) is 0 Å². The molecular formula is C48H68N2O11S. The summed E-state index contributed by atoms with van der Waals surface area (Å²) in [7, 11) is 9.12. The van der Waals surface area contributed by atoms with Gasteiger partial charge in [-0.05, 0) is 121 Å². The van der Waals surface area contributed by atoms with Crippen LogP contribution in [-0.2, 0) is 47.5 Å². The molecule has 1 saturated carbocycles. The molecule has 3 aliphatic heterocycles. The summed E-state index contributed by atoms with van der Waals surface area (Å²) < 4.78 is 50.5. The summed E-state index contributed by atoms with van der Waals surface area (Å²) in [5.74, 6) is -1.00. The molecule has 6 aliphatic rings. The number of thiazole rings is 1. The van der Waals surface area contributed by atoms with Crippen LogP contribution in [-0.4, -0.2) is 130 Å². The molecule has 4 fully saturated rings. The van der Waals surface area contributed by atoms with E-state index in [1.807, 2.05) is 26.0 Å². The number of esters is 1. The van der Waals surface area contributed by atoms with Crippen molar-refractivity contribution in [2.45, 2.75) is 165 Å². The van der Waals surface area contributed by atoms with Crippen LogP contribution < -0.4 is 0 Å². The molecule has 3 saturated heterocycles. The first kappa shape index (κ1) is 45.8. The van der Waals surface area contributed by atoms with Crippen molar-refractivity contribution >= 4 is 23.1 Å². The zero-order chi connectivity index (χ0) is 44.0. The Morgan fingerprint density at radius 1 is 0.871 bits per heavy atom. The van der Waals surface area contributed by atoms with E-state index in [1.54, 1.807) is 44.8 Å². The minimum absolute atomic E-state index is 0.00184. The van der Waals surface area contributed by atoms with E-state index in [-0.39, 0.29) is 90.3 Å². The fourth-order valence-corrected chi connectivity index (χ4v) is 13.1. The van der Waals surface area contributed by atoms with E-state index in [0.29, 0.717) is 30.9 Å². The number of phenols is 1. The molecule has 17 atom stereocenters. The third-order valence-corrected chi connectivity index (χ3v) is 16.3. The molecular weight excluding hydrogens is 813 g/mol. The molecule has 342 valence electrons. The molecule has 8 rings (SSSR count). The number of aromatic nitrogens is 1. The number of hydrogen-bond donors (Lipinski definition) is 1. The molecule has 4 heterocycles. The van der Waals surface area contributed by atoms with E-state index in [1.165, 1.54) is 4.88 Å². The Labute approximate surface area is 371 Å². The van der Waals surface area contributed by atoms with Gasteiger partial charge in [0.2, 0.25) is 0 Å². The lowest BCUT2D eigenvalue weighted by atomic mass is 9.67. The molecule has 3 aliphatic carbocycles. The summed E-state index contributed by atoms with van der Waals surface area (Å²) in [6, 6.07) is 7.44. The normalized spacial score (nSPS) is 40.1. The van der Waals surface area contributed by atoms with E-state index in [4.69, 9.17) is 42.9 Å². The number of cyclic esters (lactones) is 1. The molecule has 62 heavy (non-hydrogen) atoms. The SMILES string of the molecule is CC[C@H]1CCC[C@H](O[C@H]2CC[C@H](N(C)C)C(C)O2)[C@@H](C)C(=O)C2=C[C@H]3[C@@H]4C[C@H](O[C@@H]5OC(C)[C@H](OC)C(OC)C5OC)C[C@H]4c4sc(-c5ccc(O)cc5)nc4[C@H]3[C@@H]2CC(=O)O1. The summed E-state index contributed by atoms with van der Waals surface area (Å²) in [5.41, 5.74) is 2.54. The number of ketones is 1. The van der Waals surface area contributed by atoms with Gasteiger partial charge in [-0.1, -0.05) is 19.9 Å². The highest BCUT2D eigenvalue weighted by atomic mass is 32.1. The number of aromatic hydroxyl groups is 1. The first-order valence-corrected chi connectivity index (χ1v) is 23.8. The third kappa shape index (κ3) is 8.94. The molecule has 0 amide bonds. The van der Waals surface area contributed by atoms with Gasteiger partial charge in [-0.15, -0.1) is 11.3 Å². The maximum absolute atomic E-state index is 15.2. The average Bonchev–Trinajstić information content (AvgIpc) is 3.97. The molecule has 1 aromatic carbocycles. The Morgan fingerprint density at radius 2 is 1.61 bits per heavy atom. The van der Waals surface area contributed by atoms with Crippen LogP contribution in [0.1, 0.15) is 108 Å². The van der Waals surface area contributed by atoms with Gasteiger partial charge in [0.05, 0.1) is 36.5 Å². The number of phenolic OH excluding ortho intramolecular Hbond substituents is 1. The van der Waals surface area contributed by atoms with Gasteiger partial charge in [-0.2, -0.15) is 0 Å². The zero-order valence-corrected chi connectivity index (χ0v) is 38.7. The number of rotatable bonds is 10.